The average Bonchev–Trinajstić information content (AvgIpc) is 3.21. The Morgan fingerprint density at radius 1 is 1.19 bits per heavy atom. The summed E-state index contributed by atoms with van der Waals surface area (Å²) in [5, 5.41) is 3.09. The van der Waals surface area contributed by atoms with Crippen LogP contribution in [0.1, 0.15) is 12.0 Å². The number of nitrogens with one attached hydrogen (secondary N) is 1. The molecule has 1 atom stereocenters. The first-order chi connectivity index (χ1) is 14.5. The number of ether oxygens (including phenoxy) is 1. The minimum Gasteiger partial charge on any atom is -0.376 e. The lowest BCUT2D eigenvalue weighted by molar-refractivity contribution is 0.0907. The molecule has 170 valence electrons. The Morgan fingerprint density at radius 3 is 2.61 bits per heavy atom. The number of sulfone groups is 1. The number of nitrogens with zero attached hydrogens (tertiary/aromatic N) is 2. The molecule has 1 N–H and O–H groups in total. The molecular formula is C22H29FIN3O3S. The van der Waals surface area contributed by atoms with Crippen LogP contribution in [0.5, 0.6) is 0 Å². The maximum absolute atomic E-state index is 13.8. The first-order valence-corrected chi connectivity index (χ1v) is 11.7. The highest BCUT2D eigenvalue weighted by Crippen LogP contribution is 2.18. The van der Waals surface area contributed by atoms with E-state index in [-0.39, 0.29) is 41.2 Å². The molecule has 6 nitrogen and oxygen atoms in total. The zero-order valence-corrected chi connectivity index (χ0v) is 20.7. The van der Waals surface area contributed by atoms with E-state index >= 15 is 0 Å². The highest BCUT2D eigenvalue weighted by Gasteiger charge is 2.25. The summed E-state index contributed by atoms with van der Waals surface area (Å²) in [6.07, 6.45) is 0.989. The minimum absolute atomic E-state index is 0. The topological polar surface area (TPSA) is 71.0 Å². The third-order valence-corrected chi connectivity index (χ3v) is 6.83. The van der Waals surface area contributed by atoms with Crippen molar-refractivity contribution in [2.75, 3.05) is 39.0 Å². The van der Waals surface area contributed by atoms with E-state index in [2.05, 4.69) is 15.2 Å². The van der Waals surface area contributed by atoms with E-state index in [1.54, 1.807) is 7.05 Å². The van der Waals surface area contributed by atoms with Crippen molar-refractivity contribution >= 4 is 39.8 Å². The second kappa shape index (κ2) is 12.4. The number of likely N-dealkylation sites (tertiary alicyclic amines) is 1. The van der Waals surface area contributed by atoms with Crippen molar-refractivity contribution in [2.45, 2.75) is 17.9 Å². The summed E-state index contributed by atoms with van der Waals surface area (Å²) in [5.41, 5.74) is 1.15. The molecule has 3 rings (SSSR count). The minimum atomic E-state index is -3.70. The maximum atomic E-state index is 13.8. The lowest BCUT2D eigenvalue weighted by Crippen LogP contribution is -2.42. The number of hydrogen-bond acceptors (Lipinski definition) is 4. The number of halogens is 2. The molecule has 2 aromatic rings. The lowest BCUT2D eigenvalue weighted by Gasteiger charge is -2.21. The third kappa shape index (κ3) is 7.43. The summed E-state index contributed by atoms with van der Waals surface area (Å²) < 4.78 is 44.4. The Kier molecular flexibility index (Phi) is 10.2. The summed E-state index contributed by atoms with van der Waals surface area (Å²) >= 11 is 0. The fraction of sp³-hybridized carbons (Fsp3) is 0.409. The van der Waals surface area contributed by atoms with Gasteiger partial charge in [0.2, 0.25) is 0 Å². The van der Waals surface area contributed by atoms with Crippen molar-refractivity contribution in [3.8, 4) is 0 Å². The molecule has 0 aliphatic carbocycles. The number of aliphatic imine (C=N–C) groups is 1. The number of hydrogen-bond donors (Lipinski definition) is 1. The lowest BCUT2D eigenvalue weighted by atomic mass is 10.1. The number of rotatable bonds is 8. The largest absolute Gasteiger partial charge is 0.376 e. The van der Waals surface area contributed by atoms with E-state index in [9.17, 15) is 12.8 Å². The molecule has 1 aliphatic heterocycles. The van der Waals surface area contributed by atoms with Gasteiger partial charge in [-0.3, -0.25) is 4.99 Å². The van der Waals surface area contributed by atoms with Crippen molar-refractivity contribution in [1.82, 2.24) is 10.2 Å². The third-order valence-electron chi connectivity index (χ3n) is 5.09. The first-order valence-electron chi connectivity index (χ1n) is 10.0. The highest BCUT2D eigenvalue weighted by atomic mass is 127. The molecule has 0 radical (unpaired) electrons. The number of guanidine groups is 1. The Balaban J connectivity index is 0.00000341. The van der Waals surface area contributed by atoms with Crippen molar-refractivity contribution in [2.24, 2.45) is 10.9 Å². The Labute approximate surface area is 200 Å². The Morgan fingerprint density at radius 2 is 1.90 bits per heavy atom. The Bertz CT molecular complexity index is 957. The zero-order valence-electron chi connectivity index (χ0n) is 17.5. The van der Waals surface area contributed by atoms with Crippen molar-refractivity contribution < 1.29 is 17.5 Å². The first kappa shape index (κ1) is 25.5. The van der Waals surface area contributed by atoms with E-state index in [0.717, 1.165) is 31.1 Å². The van der Waals surface area contributed by atoms with E-state index in [4.69, 9.17) is 4.74 Å². The molecule has 0 bridgehead atoms. The fourth-order valence-corrected chi connectivity index (χ4v) is 4.76. The molecule has 1 unspecified atom stereocenters. The molecule has 9 heteroatoms. The summed E-state index contributed by atoms with van der Waals surface area (Å²) in [4.78, 5) is 6.10. The predicted octanol–water partition coefficient (Wildman–Crippen LogP) is 3.33. The number of benzene rings is 2. The van der Waals surface area contributed by atoms with Gasteiger partial charge in [0.05, 0.1) is 19.0 Å². The Hall–Kier alpha value is -1.72. The van der Waals surface area contributed by atoms with Crippen LogP contribution in [0, 0.1) is 11.7 Å². The normalized spacial score (nSPS) is 16.8. The van der Waals surface area contributed by atoms with Crippen molar-refractivity contribution in [3.63, 3.8) is 0 Å². The van der Waals surface area contributed by atoms with Crippen LogP contribution in [-0.2, 0) is 21.2 Å². The van der Waals surface area contributed by atoms with Gasteiger partial charge < -0.3 is 15.0 Å². The van der Waals surface area contributed by atoms with Gasteiger partial charge in [-0.1, -0.05) is 42.5 Å². The smallest absolute Gasteiger partial charge is 0.193 e. The summed E-state index contributed by atoms with van der Waals surface area (Å²) in [7, 11) is -2.02. The fourth-order valence-electron chi connectivity index (χ4n) is 3.52. The summed E-state index contributed by atoms with van der Waals surface area (Å²) in [6, 6.07) is 15.5. The van der Waals surface area contributed by atoms with Gasteiger partial charge in [0.1, 0.15) is 10.7 Å². The average molecular weight is 561 g/mol. The van der Waals surface area contributed by atoms with E-state index in [0.29, 0.717) is 25.1 Å². The molecule has 1 aliphatic rings. The van der Waals surface area contributed by atoms with Crippen molar-refractivity contribution in [3.05, 3.63) is 66.0 Å². The van der Waals surface area contributed by atoms with Crippen LogP contribution in [0.3, 0.4) is 0 Å². The molecule has 0 aromatic heterocycles. The van der Waals surface area contributed by atoms with Gasteiger partial charge in [0.15, 0.2) is 15.8 Å². The van der Waals surface area contributed by atoms with Crippen LogP contribution in [0.2, 0.25) is 0 Å². The molecular weight excluding hydrogens is 532 g/mol. The monoisotopic (exact) mass is 561 g/mol. The molecule has 0 spiro atoms. The second-order valence-electron chi connectivity index (χ2n) is 7.32. The molecule has 1 saturated heterocycles. The van der Waals surface area contributed by atoms with Crippen molar-refractivity contribution in [1.29, 1.82) is 0 Å². The van der Waals surface area contributed by atoms with Crippen LogP contribution in [0.25, 0.3) is 0 Å². The highest BCUT2D eigenvalue weighted by molar-refractivity contribution is 14.0. The van der Waals surface area contributed by atoms with Gasteiger partial charge in [-0.05, 0) is 24.1 Å². The van der Waals surface area contributed by atoms with Gasteiger partial charge >= 0.3 is 0 Å². The van der Waals surface area contributed by atoms with Gasteiger partial charge in [-0.15, -0.1) is 24.0 Å². The molecule has 2 aromatic carbocycles. The quantitative estimate of drug-likeness (QED) is 0.304. The standard InChI is InChI=1S/C22H28FN3O3S.HI/c1-24-22(25-12-14-30(27,28)21-10-6-5-9-20(21)23)26-13-11-19(15-26)17-29-16-18-7-3-2-4-8-18;/h2-10,19H,11-17H2,1H3,(H,24,25);1H. The summed E-state index contributed by atoms with van der Waals surface area (Å²) in [5.74, 6) is 0.128. The van der Waals surface area contributed by atoms with E-state index in [1.165, 1.54) is 18.2 Å². The summed E-state index contributed by atoms with van der Waals surface area (Å²) in [6.45, 7) is 3.06. The molecule has 31 heavy (non-hydrogen) atoms. The molecule has 0 amide bonds. The van der Waals surface area contributed by atoms with Gasteiger partial charge in [-0.2, -0.15) is 0 Å². The van der Waals surface area contributed by atoms with Gasteiger partial charge in [-0.25, -0.2) is 12.8 Å². The van der Waals surface area contributed by atoms with Gasteiger partial charge in [0, 0.05) is 32.6 Å². The van der Waals surface area contributed by atoms with Crippen LogP contribution in [0.15, 0.2) is 64.5 Å². The van der Waals surface area contributed by atoms with Crippen LogP contribution >= 0.6 is 24.0 Å². The zero-order chi connectivity index (χ0) is 21.4. The second-order valence-corrected chi connectivity index (χ2v) is 9.40. The van der Waals surface area contributed by atoms with E-state index < -0.39 is 15.7 Å². The molecule has 1 fully saturated rings. The maximum Gasteiger partial charge on any atom is 0.193 e. The van der Waals surface area contributed by atoms with Crippen LogP contribution in [-0.4, -0.2) is 58.3 Å². The molecule has 0 saturated carbocycles. The van der Waals surface area contributed by atoms with Gasteiger partial charge in [0.25, 0.3) is 0 Å². The van der Waals surface area contributed by atoms with Crippen LogP contribution < -0.4 is 5.32 Å². The predicted molar refractivity (Wildman–Crippen MR) is 131 cm³/mol. The van der Waals surface area contributed by atoms with Crippen LogP contribution in [0.4, 0.5) is 4.39 Å². The molecule has 1 heterocycles. The van der Waals surface area contributed by atoms with E-state index in [1.807, 2.05) is 30.3 Å². The SMILES string of the molecule is CN=C(NCCS(=O)(=O)c1ccccc1F)N1CCC(COCc2ccccc2)C1.I.